The Balaban J connectivity index is 1.87. The van der Waals surface area contributed by atoms with Crippen LogP contribution >= 0.6 is 0 Å². The number of hydrogen-bond acceptors (Lipinski definition) is 3. The number of likely N-dealkylation sites (tertiary alicyclic amines) is 1. The topological polar surface area (TPSA) is 28.2 Å². The van der Waals surface area contributed by atoms with Crippen molar-refractivity contribution < 1.29 is 0 Å². The van der Waals surface area contributed by atoms with Crippen LogP contribution in [0.5, 0.6) is 0 Å². The van der Waals surface area contributed by atoms with E-state index in [1.165, 1.54) is 38.0 Å². The molecule has 0 saturated carbocycles. The minimum atomic E-state index is 0.929. The Hall–Kier alpha value is -1.09. The van der Waals surface area contributed by atoms with Crippen molar-refractivity contribution in [3.63, 3.8) is 0 Å². The predicted molar refractivity (Wildman–Crippen MR) is 76.7 cm³/mol. The highest BCUT2D eigenvalue weighted by Gasteiger charge is 2.17. The van der Waals surface area contributed by atoms with Crippen LogP contribution in [-0.4, -0.2) is 29.5 Å². The fraction of sp³-hybridized carbons (Fsp3) is 0.667. The Kier molecular flexibility index (Phi) is 5.00. The number of nitrogens with zero attached hydrogens (tertiary/aromatic N) is 2. The zero-order valence-corrected chi connectivity index (χ0v) is 11.7. The van der Waals surface area contributed by atoms with Gasteiger partial charge in [0.25, 0.3) is 0 Å². The molecule has 1 N–H and O–H groups in total. The molecule has 0 unspecified atom stereocenters. The largest absolute Gasteiger partial charge is 0.370 e. The number of rotatable bonds is 5. The molecule has 1 fully saturated rings. The first-order valence-corrected chi connectivity index (χ1v) is 7.24. The highest BCUT2D eigenvalue weighted by molar-refractivity contribution is 5.34. The van der Waals surface area contributed by atoms with E-state index in [1.807, 2.05) is 6.07 Å². The number of pyridine rings is 1. The molecule has 18 heavy (non-hydrogen) atoms. The Morgan fingerprint density at radius 2 is 2.06 bits per heavy atom. The third-order valence-corrected chi connectivity index (χ3v) is 3.83. The quantitative estimate of drug-likeness (QED) is 0.866. The summed E-state index contributed by atoms with van der Waals surface area (Å²) in [6.07, 6.45) is 4.04. The SMILES string of the molecule is CCNc1cccc(CN2CCC(CC)CC2)n1. The summed E-state index contributed by atoms with van der Waals surface area (Å²) in [4.78, 5) is 7.17. The molecule has 0 spiro atoms. The van der Waals surface area contributed by atoms with E-state index in [1.54, 1.807) is 0 Å². The first-order valence-electron chi connectivity index (χ1n) is 7.24. The van der Waals surface area contributed by atoms with E-state index in [0.29, 0.717) is 0 Å². The van der Waals surface area contributed by atoms with Crippen molar-refractivity contribution in [1.29, 1.82) is 0 Å². The monoisotopic (exact) mass is 247 g/mol. The minimum Gasteiger partial charge on any atom is -0.370 e. The molecule has 1 aliphatic heterocycles. The summed E-state index contributed by atoms with van der Waals surface area (Å²) in [5, 5.41) is 3.27. The van der Waals surface area contributed by atoms with Crippen molar-refractivity contribution in [2.24, 2.45) is 5.92 Å². The zero-order valence-electron chi connectivity index (χ0n) is 11.7. The second-order valence-corrected chi connectivity index (χ2v) is 5.17. The number of piperidine rings is 1. The molecule has 2 rings (SSSR count). The molecular weight excluding hydrogens is 222 g/mol. The van der Waals surface area contributed by atoms with Gasteiger partial charge in [0.1, 0.15) is 5.82 Å². The first-order chi connectivity index (χ1) is 8.81. The van der Waals surface area contributed by atoms with Gasteiger partial charge in [0, 0.05) is 13.1 Å². The van der Waals surface area contributed by atoms with E-state index < -0.39 is 0 Å². The predicted octanol–water partition coefficient (Wildman–Crippen LogP) is 3.14. The third kappa shape index (κ3) is 3.70. The molecule has 0 bridgehead atoms. The maximum atomic E-state index is 4.64. The highest BCUT2D eigenvalue weighted by atomic mass is 15.1. The molecule has 3 heteroatoms. The number of anilines is 1. The molecule has 3 nitrogen and oxygen atoms in total. The molecule has 0 amide bonds. The van der Waals surface area contributed by atoms with Crippen LogP contribution in [0, 0.1) is 5.92 Å². The van der Waals surface area contributed by atoms with Crippen LogP contribution in [0.2, 0.25) is 0 Å². The maximum absolute atomic E-state index is 4.64. The highest BCUT2D eigenvalue weighted by Crippen LogP contribution is 2.21. The van der Waals surface area contributed by atoms with Crippen molar-refractivity contribution in [3.05, 3.63) is 23.9 Å². The number of nitrogens with one attached hydrogen (secondary N) is 1. The van der Waals surface area contributed by atoms with Crippen molar-refractivity contribution in [2.45, 2.75) is 39.7 Å². The van der Waals surface area contributed by atoms with Crippen LogP contribution in [0.3, 0.4) is 0 Å². The molecule has 1 aliphatic rings. The lowest BCUT2D eigenvalue weighted by molar-refractivity contribution is 0.173. The van der Waals surface area contributed by atoms with Crippen LogP contribution in [0.25, 0.3) is 0 Å². The lowest BCUT2D eigenvalue weighted by atomic mass is 9.94. The van der Waals surface area contributed by atoms with Gasteiger partial charge in [-0.05, 0) is 50.9 Å². The van der Waals surface area contributed by atoms with Gasteiger partial charge in [-0.2, -0.15) is 0 Å². The van der Waals surface area contributed by atoms with Crippen molar-refractivity contribution in [1.82, 2.24) is 9.88 Å². The lowest BCUT2D eigenvalue weighted by Gasteiger charge is -2.31. The minimum absolute atomic E-state index is 0.929. The molecule has 0 radical (unpaired) electrons. The van der Waals surface area contributed by atoms with Crippen molar-refractivity contribution in [2.75, 3.05) is 25.0 Å². The summed E-state index contributed by atoms with van der Waals surface area (Å²) in [6.45, 7) is 8.79. The normalized spacial score (nSPS) is 17.9. The van der Waals surface area contributed by atoms with E-state index >= 15 is 0 Å². The molecule has 1 aromatic heterocycles. The summed E-state index contributed by atoms with van der Waals surface area (Å²) in [6, 6.07) is 6.27. The van der Waals surface area contributed by atoms with E-state index in [4.69, 9.17) is 0 Å². The van der Waals surface area contributed by atoms with Crippen LogP contribution < -0.4 is 5.32 Å². The molecular formula is C15H25N3. The second-order valence-electron chi connectivity index (χ2n) is 5.17. The van der Waals surface area contributed by atoms with Gasteiger partial charge in [0.15, 0.2) is 0 Å². The smallest absolute Gasteiger partial charge is 0.126 e. The average molecular weight is 247 g/mol. The van der Waals surface area contributed by atoms with Gasteiger partial charge >= 0.3 is 0 Å². The van der Waals surface area contributed by atoms with Crippen LogP contribution in [0.4, 0.5) is 5.82 Å². The number of aromatic nitrogens is 1. The molecule has 0 aliphatic carbocycles. The van der Waals surface area contributed by atoms with Gasteiger partial charge in [0.05, 0.1) is 5.69 Å². The summed E-state index contributed by atoms with van der Waals surface area (Å²) in [7, 11) is 0. The van der Waals surface area contributed by atoms with Crippen LogP contribution in [0.15, 0.2) is 18.2 Å². The average Bonchev–Trinajstić information content (AvgIpc) is 2.40. The molecule has 2 heterocycles. The fourth-order valence-corrected chi connectivity index (χ4v) is 2.63. The first kappa shape index (κ1) is 13.3. The lowest BCUT2D eigenvalue weighted by Crippen LogP contribution is -2.33. The standard InChI is InChI=1S/C15H25N3/c1-3-13-8-10-18(11-9-13)12-14-6-5-7-15(17-14)16-4-2/h5-7,13H,3-4,8-12H2,1-2H3,(H,16,17). The molecule has 1 saturated heterocycles. The van der Waals surface area contributed by atoms with Gasteiger partial charge in [-0.15, -0.1) is 0 Å². The summed E-state index contributed by atoms with van der Waals surface area (Å²) >= 11 is 0. The maximum Gasteiger partial charge on any atom is 0.126 e. The molecule has 100 valence electrons. The van der Waals surface area contributed by atoms with Gasteiger partial charge in [-0.3, -0.25) is 4.90 Å². The van der Waals surface area contributed by atoms with Gasteiger partial charge in [-0.1, -0.05) is 19.4 Å². The number of hydrogen-bond donors (Lipinski definition) is 1. The summed E-state index contributed by atoms with van der Waals surface area (Å²) in [5.74, 6) is 1.95. The molecule has 0 aromatic carbocycles. The van der Waals surface area contributed by atoms with E-state index in [2.05, 4.69) is 41.2 Å². The van der Waals surface area contributed by atoms with Crippen molar-refractivity contribution in [3.8, 4) is 0 Å². The third-order valence-electron chi connectivity index (χ3n) is 3.83. The molecule has 0 atom stereocenters. The van der Waals surface area contributed by atoms with Gasteiger partial charge in [0.2, 0.25) is 0 Å². The summed E-state index contributed by atoms with van der Waals surface area (Å²) in [5.41, 5.74) is 1.18. The van der Waals surface area contributed by atoms with E-state index in [-0.39, 0.29) is 0 Å². The zero-order chi connectivity index (χ0) is 12.8. The summed E-state index contributed by atoms with van der Waals surface area (Å²) < 4.78 is 0. The Labute approximate surface area is 111 Å². The van der Waals surface area contributed by atoms with E-state index in [0.717, 1.165) is 24.8 Å². The molecule has 1 aromatic rings. The van der Waals surface area contributed by atoms with Crippen LogP contribution in [0.1, 0.15) is 38.8 Å². The fourth-order valence-electron chi connectivity index (χ4n) is 2.63. The van der Waals surface area contributed by atoms with Gasteiger partial charge in [-0.25, -0.2) is 4.98 Å². The van der Waals surface area contributed by atoms with Crippen LogP contribution in [-0.2, 0) is 6.54 Å². The Bertz CT molecular complexity index is 357. The Morgan fingerprint density at radius 3 is 2.72 bits per heavy atom. The van der Waals surface area contributed by atoms with Crippen molar-refractivity contribution >= 4 is 5.82 Å². The Morgan fingerprint density at radius 1 is 1.28 bits per heavy atom. The van der Waals surface area contributed by atoms with Gasteiger partial charge < -0.3 is 5.32 Å². The second kappa shape index (κ2) is 6.74. The van der Waals surface area contributed by atoms with E-state index in [9.17, 15) is 0 Å².